The second kappa shape index (κ2) is 2.70. The molecule has 1 N–H and O–H groups in total. The third-order valence-electron chi connectivity index (χ3n) is 1.95. The van der Waals surface area contributed by atoms with E-state index in [2.05, 4.69) is 6.58 Å². The first-order valence-corrected chi connectivity index (χ1v) is 3.89. The molecule has 0 aliphatic carbocycles. The fraction of sp³-hybridized carbons (Fsp3) is 0. The zero-order valence-electron chi connectivity index (χ0n) is 7.11. The number of Topliss-reactive ketones (excluding diaryl/α,β-unsaturated/α-hetero) is 1. The van der Waals surface area contributed by atoms with Crippen molar-refractivity contribution in [2.24, 2.45) is 0 Å². The Balaban J connectivity index is 2.68. The van der Waals surface area contributed by atoms with Crippen molar-refractivity contribution in [2.75, 3.05) is 0 Å². The molecule has 1 aromatic rings. The molecule has 14 heavy (non-hydrogen) atoms. The first kappa shape index (κ1) is 8.50. The smallest absolute Gasteiger partial charge is 0.346 e. The topological polar surface area (TPSA) is 63.6 Å². The molecule has 0 unspecified atom stereocenters. The SMILES string of the molecule is C=C1C(=O)Oc2cccc(O)c2C1=O. The van der Waals surface area contributed by atoms with Gasteiger partial charge in [0.05, 0.1) is 0 Å². The van der Waals surface area contributed by atoms with Gasteiger partial charge in [-0.15, -0.1) is 0 Å². The monoisotopic (exact) mass is 190 g/mol. The maximum Gasteiger partial charge on any atom is 0.346 e. The molecule has 1 heterocycles. The Kier molecular flexibility index (Phi) is 1.64. The molecule has 0 bridgehead atoms. The summed E-state index contributed by atoms with van der Waals surface area (Å²) in [6, 6.07) is 4.28. The number of carbonyl (C=O) groups is 2. The Morgan fingerprint density at radius 2 is 2.00 bits per heavy atom. The zero-order valence-corrected chi connectivity index (χ0v) is 7.11. The van der Waals surface area contributed by atoms with Crippen LogP contribution in [0.1, 0.15) is 10.4 Å². The number of ketones is 1. The fourth-order valence-electron chi connectivity index (χ4n) is 1.24. The average Bonchev–Trinajstić information content (AvgIpc) is 2.14. The molecule has 0 aromatic heterocycles. The van der Waals surface area contributed by atoms with E-state index in [1.54, 1.807) is 0 Å². The molecule has 4 nitrogen and oxygen atoms in total. The van der Waals surface area contributed by atoms with E-state index in [-0.39, 0.29) is 22.6 Å². The predicted molar refractivity (Wildman–Crippen MR) is 47.2 cm³/mol. The number of hydrogen-bond donors (Lipinski definition) is 1. The average molecular weight is 190 g/mol. The fourth-order valence-corrected chi connectivity index (χ4v) is 1.24. The summed E-state index contributed by atoms with van der Waals surface area (Å²) in [5, 5.41) is 9.38. The number of benzene rings is 1. The normalized spacial score (nSPS) is 15.0. The summed E-state index contributed by atoms with van der Waals surface area (Å²) in [7, 11) is 0. The van der Waals surface area contributed by atoms with Crippen LogP contribution in [0.15, 0.2) is 30.4 Å². The van der Waals surface area contributed by atoms with Gasteiger partial charge in [0.15, 0.2) is 0 Å². The van der Waals surface area contributed by atoms with Crippen molar-refractivity contribution >= 4 is 11.8 Å². The van der Waals surface area contributed by atoms with Gasteiger partial charge in [-0.3, -0.25) is 4.79 Å². The van der Waals surface area contributed by atoms with Gasteiger partial charge >= 0.3 is 5.97 Å². The quantitative estimate of drug-likeness (QED) is 0.287. The molecule has 1 aliphatic rings. The van der Waals surface area contributed by atoms with Crippen LogP contribution in [0.5, 0.6) is 11.5 Å². The number of aromatic hydroxyl groups is 1. The van der Waals surface area contributed by atoms with Crippen molar-refractivity contribution in [1.82, 2.24) is 0 Å². The van der Waals surface area contributed by atoms with E-state index in [0.29, 0.717) is 0 Å². The van der Waals surface area contributed by atoms with Gasteiger partial charge in [0.2, 0.25) is 5.78 Å². The molecule has 4 heteroatoms. The Morgan fingerprint density at radius 3 is 2.71 bits per heavy atom. The van der Waals surface area contributed by atoms with Crippen molar-refractivity contribution in [3.8, 4) is 11.5 Å². The summed E-state index contributed by atoms with van der Waals surface area (Å²) < 4.78 is 4.78. The first-order valence-electron chi connectivity index (χ1n) is 3.89. The van der Waals surface area contributed by atoms with Crippen molar-refractivity contribution in [2.45, 2.75) is 0 Å². The van der Waals surface area contributed by atoms with Crippen LogP contribution in [0, 0.1) is 0 Å². The van der Waals surface area contributed by atoms with Crippen LogP contribution < -0.4 is 4.74 Å². The van der Waals surface area contributed by atoms with Gasteiger partial charge in [-0.25, -0.2) is 4.79 Å². The summed E-state index contributed by atoms with van der Waals surface area (Å²) in [4.78, 5) is 22.5. The molecule has 2 rings (SSSR count). The number of hydrogen-bond acceptors (Lipinski definition) is 4. The Hall–Kier alpha value is -2.10. The Bertz CT molecular complexity index is 459. The van der Waals surface area contributed by atoms with E-state index in [9.17, 15) is 14.7 Å². The summed E-state index contributed by atoms with van der Waals surface area (Å²) in [6.07, 6.45) is 0. The number of phenolic OH excluding ortho intramolecular Hbond substituents is 1. The zero-order chi connectivity index (χ0) is 10.3. The highest BCUT2D eigenvalue weighted by molar-refractivity contribution is 6.28. The Labute approximate surface area is 79.4 Å². The van der Waals surface area contributed by atoms with Crippen LogP contribution in [0.25, 0.3) is 0 Å². The van der Waals surface area contributed by atoms with Gasteiger partial charge in [-0.2, -0.15) is 0 Å². The highest BCUT2D eigenvalue weighted by Gasteiger charge is 2.31. The largest absolute Gasteiger partial charge is 0.507 e. The number of fused-ring (bicyclic) bond motifs is 1. The van der Waals surface area contributed by atoms with Gasteiger partial charge in [0.25, 0.3) is 0 Å². The number of esters is 1. The summed E-state index contributed by atoms with van der Waals surface area (Å²) in [5.74, 6) is -1.49. The molecule has 0 saturated carbocycles. The lowest BCUT2D eigenvalue weighted by Crippen LogP contribution is -2.24. The molecule has 0 amide bonds. The Morgan fingerprint density at radius 1 is 1.29 bits per heavy atom. The minimum Gasteiger partial charge on any atom is -0.507 e. The second-order valence-electron chi connectivity index (χ2n) is 2.85. The van der Waals surface area contributed by atoms with Gasteiger partial charge in [0, 0.05) is 0 Å². The van der Waals surface area contributed by atoms with E-state index in [1.807, 2.05) is 0 Å². The van der Waals surface area contributed by atoms with Gasteiger partial charge < -0.3 is 9.84 Å². The van der Waals surface area contributed by atoms with Crippen molar-refractivity contribution in [1.29, 1.82) is 0 Å². The maximum atomic E-state index is 11.5. The van der Waals surface area contributed by atoms with Crippen LogP contribution in [-0.4, -0.2) is 16.9 Å². The standard InChI is InChI=1S/C10H6O4/c1-5-9(12)8-6(11)3-2-4-7(8)14-10(5)13/h2-4,11H,1H2. The van der Waals surface area contributed by atoms with Gasteiger partial charge in [-0.1, -0.05) is 12.6 Å². The molecular weight excluding hydrogens is 184 g/mol. The predicted octanol–water partition coefficient (Wildman–Crippen LogP) is 1.05. The van der Waals surface area contributed by atoms with E-state index < -0.39 is 11.8 Å². The van der Waals surface area contributed by atoms with Crippen molar-refractivity contribution < 1.29 is 19.4 Å². The lowest BCUT2D eigenvalue weighted by molar-refractivity contribution is -0.130. The van der Waals surface area contributed by atoms with E-state index in [1.165, 1.54) is 18.2 Å². The highest BCUT2D eigenvalue weighted by atomic mass is 16.5. The van der Waals surface area contributed by atoms with E-state index in [0.717, 1.165) is 0 Å². The maximum absolute atomic E-state index is 11.5. The molecule has 0 saturated heterocycles. The third kappa shape index (κ3) is 1.01. The number of ether oxygens (including phenoxy) is 1. The van der Waals surface area contributed by atoms with Crippen LogP contribution in [0.2, 0.25) is 0 Å². The van der Waals surface area contributed by atoms with Crippen molar-refractivity contribution in [3.63, 3.8) is 0 Å². The molecule has 1 aliphatic heterocycles. The first-order chi connectivity index (χ1) is 6.61. The second-order valence-corrected chi connectivity index (χ2v) is 2.85. The van der Waals surface area contributed by atoms with Crippen LogP contribution in [-0.2, 0) is 4.79 Å². The third-order valence-corrected chi connectivity index (χ3v) is 1.95. The van der Waals surface area contributed by atoms with E-state index in [4.69, 9.17) is 4.74 Å². The molecule has 1 aromatic carbocycles. The molecule has 70 valence electrons. The summed E-state index contributed by atoms with van der Waals surface area (Å²) >= 11 is 0. The lowest BCUT2D eigenvalue weighted by Gasteiger charge is -2.16. The molecule has 0 radical (unpaired) electrons. The summed E-state index contributed by atoms with van der Waals surface area (Å²) in [5.41, 5.74) is -0.267. The highest BCUT2D eigenvalue weighted by Crippen LogP contribution is 2.33. The molecule has 0 fully saturated rings. The van der Waals surface area contributed by atoms with E-state index >= 15 is 0 Å². The van der Waals surface area contributed by atoms with Gasteiger partial charge in [0.1, 0.15) is 22.6 Å². The number of carbonyl (C=O) groups excluding carboxylic acids is 2. The van der Waals surface area contributed by atoms with Crippen LogP contribution >= 0.6 is 0 Å². The van der Waals surface area contributed by atoms with Crippen LogP contribution in [0.3, 0.4) is 0 Å². The van der Waals surface area contributed by atoms with Crippen LogP contribution in [0.4, 0.5) is 0 Å². The molecule has 0 spiro atoms. The lowest BCUT2D eigenvalue weighted by atomic mass is 10.0. The van der Waals surface area contributed by atoms with Gasteiger partial charge in [-0.05, 0) is 12.1 Å². The minimum absolute atomic E-state index is 0.00269. The molecule has 0 atom stereocenters. The summed E-state index contributed by atoms with van der Waals surface area (Å²) in [6.45, 7) is 3.28. The number of rotatable bonds is 0. The van der Waals surface area contributed by atoms with Crippen molar-refractivity contribution in [3.05, 3.63) is 35.9 Å². The minimum atomic E-state index is -0.770. The number of phenols is 1. The molecular formula is C10H6O4.